The first-order valence-corrected chi connectivity index (χ1v) is 16.0. The van der Waals surface area contributed by atoms with Crippen LogP contribution >= 0.6 is 0 Å². The predicted octanol–water partition coefficient (Wildman–Crippen LogP) is 5.85. The molecule has 2 aromatic carbocycles. The molecule has 2 heterocycles. The number of esters is 1. The number of piperidine rings is 1. The summed E-state index contributed by atoms with van der Waals surface area (Å²) in [6.07, 6.45) is 4.15. The van der Waals surface area contributed by atoms with Gasteiger partial charge in [-0.3, -0.25) is 4.57 Å². The first-order valence-electron chi connectivity index (χ1n) is 14.6. The van der Waals surface area contributed by atoms with E-state index >= 15 is 0 Å². The number of aryl methyl sites for hydroxylation is 1. The fourth-order valence-corrected chi connectivity index (χ4v) is 7.61. The zero-order valence-corrected chi connectivity index (χ0v) is 26.4. The Bertz CT molecular complexity index is 1620. The Labute approximate surface area is 252 Å². The van der Waals surface area contributed by atoms with Gasteiger partial charge in [-0.1, -0.05) is 12.1 Å². The number of nitrogens with zero attached hydrogens (tertiary/aromatic N) is 2. The van der Waals surface area contributed by atoms with E-state index in [0.717, 1.165) is 18.4 Å². The Morgan fingerprint density at radius 1 is 1.02 bits per heavy atom. The molecule has 2 aliphatic rings. The average Bonchev–Trinajstić information content (AvgIpc) is 3.69. The minimum atomic E-state index is -4.17. The molecular weight excluding hydrogens is 572 g/mol. The molecule has 3 aromatic rings. The van der Waals surface area contributed by atoms with E-state index < -0.39 is 33.7 Å². The third-order valence-corrected chi connectivity index (χ3v) is 9.93. The normalized spacial score (nSPS) is 19.8. The quantitative estimate of drug-likeness (QED) is 0.291. The summed E-state index contributed by atoms with van der Waals surface area (Å²) >= 11 is 0. The van der Waals surface area contributed by atoms with Crippen LogP contribution in [-0.4, -0.2) is 68.4 Å². The van der Waals surface area contributed by atoms with Gasteiger partial charge in [-0.15, -0.1) is 0 Å². The molecule has 1 saturated heterocycles. The van der Waals surface area contributed by atoms with Crippen molar-refractivity contribution in [2.24, 2.45) is 5.92 Å². The van der Waals surface area contributed by atoms with Crippen molar-refractivity contribution in [3.05, 3.63) is 59.3 Å². The monoisotopic (exact) mass is 612 g/mol. The van der Waals surface area contributed by atoms with Crippen LogP contribution in [0, 0.1) is 12.8 Å². The number of fused-ring (bicyclic) bond motifs is 1. The number of carbonyl (C=O) groups excluding carboxylic acids is 2. The molecule has 0 radical (unpaired) electrons. The molecule has 1 aliphatic carbocycles. The van der Waals surface area contributed by atoms with Gasteiger partial charge in [0.2, 0.25) is 10.0 Å². The third-order valence-electron chi connectivity index (χ3n) is 7.94. The topological polar surface area (TPSA) is 113 Å². The van der Waals surface area contributed by atoms with Gasteiger partial charge in [-0.05, 0) is 94.7 Å². The number of rotatable bonds is 8. The number of sulfonamides is 1. The fraction of sp³-hybridized carbons (Fsp3) is 0.500. The number of methoxy groups -OCH3 is 2. The van der Waals surface area contributed by atoms with Crippen molar-refractivity contribution in [1.29, 1.82) is 0 Å². The number of carbonyl (C=O) groups is 2. The molecule has 11 heteroatoms. The first-order chi connectivity index (χ1) is 20.3. The summed E-state index contributed by atoms with van der Waals surface area (Å²) in [4.78, 5) is 25.2. The standard InChI is InChI=1S/C32H40N2O8S/c1-20-17-27(39-5)29(25-14-15-33(28(20)25)31(36)42-32(2,3)4)43(37,38)34-16-13-24(41-19-21-7-8-21)18-26(34)22-9-11-23(12-10-22)30(35)40-6/h9-12,14-15,17,21,24,26H,7-8,13,16,18-19H2,1-6H3/t24-,26-/m0/s1. The average molecular weight is 613 g/mol. The highest BCUT2D eigenvalue weighted by Gasteiger charge is 2.41. The Kier molecular flexibility index (Phi) is 8.61. The van der Waals surface area contributed by atoms with E-state index in [-0.39, 0.29) is 23.3 Å². The summed E-state index contributed by atoms with van der Waals surface area (Å²) in [6.45, 7) is 8.04. The van der Waals surface area contributed by atoms with Crippen LogP contribution in [0.15, 0.2) is 47.5 Å². The smallest absolute Gasteiger partial charge is 0.419 e. The zero-order valence-electron chi connectivity index (χ0n) is 25.6. The first kappa shape index (κ1) is 31.0. The highest BCUT2D eigenvalue weighted by molar-refractivity contribution is 7.89. The maximum absolute atomic E-state index is 14.7. The maximum atomic E-state index is 14.7. The molecule has 0 spiro atoms. The lowest BCUT2D eigenvalue weighted by Gasteiger charge is -2.39. The SMILES string of the molecule is COC(=O)c1ccc([C@@H]2C[C@@H](OCC3CC3)CCN2S(=O)(=O)c2c(OC)cc(C)c3c2ccn3C(=O)OC(C)(C)C)cc1. The molecule has 1 saturated carbocycles. The molecule has 0 unspecified atom stereocenters. The summed E-state index contributed by atoms with van der Waals surface area (Å²) in [5, 5.41) is 0.370. The highest BCUT2D eigenvalue weighted by atomic mass is 32.2. The largest absolute Gasteiger partial charge is 0.495 e. The van der Waals surface area contributed by atoms with Crippen LogP contribution in [0.2, 0.25) is 0 Å². The molecule has 1 aromatic heterocycles. The Morgan fingerprint density at radius 3 is 2.33 bits per heavy atom. The summed E-state index contributed by atoms with van der Waals surface area (Å²) in [5.74, 6) is 0.309. The van der Waals surface area contributed by atoms with Crippen LogP contribution < -0.4 is 4.74 Å². The number of ether oxygens (including phenoxy) is 4. The van der Waals surface area contributed by atoms with Crippen molar-refractivity contribution in [2.45, 2.75) is 76.0 Å². The molecule has 2 atom stereocenters. The molecule has 10 nitrogen and oxygen atoms in total. The zero-order chi connectivity index (χ0) is 31.1. The molecule has 0 amide bonds. The van der Waals surface area contributed by atoms with Crippen LogP contribution in [0.25, 0.3) is 10.9 Å². The molecule has 0 bridgehead atoms. The van der Waals surface area contributed by atoms with Gasteiger partial charge < -0.3 is 18.9 Å². The lowest BCUT2D eigenvalue weighted by atomic mass is 9.94. The molecule has 2 fully saturated rings. The van der Waals surface area contributed by atoms with E-state index in [0.29, 0.717) is 47.4 Å². The van der Waals surface area contributed by atoms with Crippen molar-refractivity contribution in [2.75, 3.05) is 27.4 Å². The molecule has 5 rings (SSSR count). The van der Waals surface area contributed by atoms with Gasteiger partial charge >= 0.3 is 12.1 Å². The Morgan fingerprint density at radius 2 is 1.72 bits per heavy atom. The molecule has 0 N–H and O–H groups in total. The van der Waals surface area contributed by atoms with Crippen LogP contribution in [0.1, 0.15) is 74.0 Å². The molecule has 43 heavy (non-hydrogen) atoms. The second-order valence-electron chi connectivity index (χ2n) is 12.3. The van der Waals surface area contributed by atoms with Crippen molar-refractivity contribution in [3.63, 3.8) is 0 Å². The number of aromatic nitrogens is 1. The van der Waals surface area contributed by atoms with Crippen LogP contribution in [0.3, 0.4) is 0 Å². The van der Waals surface area contributed by atoms with Crippen LogP contribution in [0.5, 0.6) is 5.75 Å². The Balaban J connectivity index is 1.58. The van der Waals surface area contributed by atoms with Gasteiger partial charge in [0.1, 0.15) is 16.2 Å². The molecule has 1 aliphatic heterocycles. The maximum Gasteiger partial charge on any atom is 0.419 e. The van der Waals surface area contributed by atoms with E-state index in [2.05, 4.69) is 0 Å². The van der Waals surface area contributed by atoms with E-state index in [4.69, 9.17) is 18.9 Å². The Hall–Kier alpha value is -3.41. The number of hydrogen-bond acceptors (Lipinski definition) is 8. The van der Waals surface area contributed by atoms with Gasteiger partial charge in [-0.2, -0.15) is 4.31 Å². The van der Waals surface area contributed by atoms with E-state index in [9.17, 15) is 18.0 Å². The van der Waals surface area contributed by atoms with Gasteiger partial charge in [0, 0.05) is 24.7 Å². The second-order valence-corrected chi connectivity index (χ2v) is 14.1. The molecular formula is C32H40N2O8S. The van der Waals surface area contributed by atoms with Crippen molar-refractivity contribution >= 4 is 33.0 Å². The van der Waals surface area contributed by atoms with Gasteiger partial charge in [-0.25, -0.2) is 18.0 Å². The van der Waals surface area contributed by atoms with Crippen molar-refractivity contribution < 1.29 is 37.0 Å². The summed E-state index contributed by atoms with van der Waals surface area (Å²) in [6, 6.07) is 9.53. The van der Waals surface area contributed by atoms with E-state index in [1.807, 2.05) is 0 Å². The number of hydrogen-bond donors (Lipinski definition) is 0. The van der Waals surface area contributed by atoms with Crippen LogP contribution in [-0.2, 0) is 24.2 Å². The third kappa shape index (κ3) is 6.44. The highest BCUT2D eigenvalue weighted by Crippen LogP contribution is 2.43. The minimum Gasteiger partial charge on any atom is -0.495 e. The van der Waals surface area contributed by atoms with Gasteiger partial charge in [0.15, 0.2) is 0 Å². The predicted molar refractivity (Wildman–Crippen MR) is 161 cm³/mol. The lowest BCUT2D eigenvalue weighted by Crippen LogP contribution is -2.43. The fourth-order valence-electron chi connectivity index (χ4n) is 5.65. The number of benzene rings is 2. The van der Waals surface area contributed by atoms with Crippen molar-refractivity contribution in [1.82, 2.24) is 8.87 Å². The van der Waals surface area contributed by atoms with Gasteiger partial charge in [0.25, 0.3) is 0 Å². The summed E-state index contributed by atoms with van der Waals surface area (Å²) < 4.78 is 54.5. The van der Waals surface area contributed by atoms with Gasteiger partial charge in [0.05, 0.1) is 37.4 Å². The van der Waals surface area contributed by atoms with Crippen molar-refractivity contribution in [3.8, 4) is 5.75 Å². The second kappa shape index (κ2) is 11.9. The lowest BCUT2D eigenvalue weighted by molar-refractivity contribution is -0.000996. The summed E-state index contributed by atoms with van der Waals surface area (Å²) in [5.41, 5.74) is 1.50. The summed E-state index contributed by atoms with van der Waals surface area (Å²) in [7, 11) is -1.42. The van der Waals surface area contributed by atoms with E-state index in [1.165, 1.54) is 29.3 Å². The van der Waals surface area contributed by atoms with Crippen LogP contribution in [0.4, 0.5) is 4.79 Å². The van der Waals surface area contributed by atoms with E-state index in [1.54, 1.807) is 64.1 Å². The minimum absolute atomic E-state index is 0.00793. The molecule has 232 valence electrons.